The summed E-state index contributed by atoms with van der Waals surface area (Å²) in [5, 5.41) is 12.1. The number of rotatable bonds is 7. The highest BCUT2D eigenvalue weighted by molar-refractivity contribution is 7.22. The highest BCUT2D eigenvalue weighted by Gasteiger charge is 2.48. The molecular formula is C33H32N2O6S. The summed E-state index contributed by atoms with van der Waals surface area (Å²) in [6.45, 7) is 10.6. The van der Waals surface area contributed by atoms with E-state index in [1.54, 1.807) is 30.3 Å². The molecule has 2 aliphatic rings. The van der Waals surface area contributed by atoms with Crippen molar-refractivity contribution < 1.29 is 28.9 Å². The Morgan fingerprint density at radius 3 is 2.57 bits per heavy atom. The van der Waals surface area contributed by atoms with Crippen molar-refractivity contribution >= 4 is 44.1 Å². The van der Waals surface area contributed by atoms with E-state index in [1.807, 2.05) is 52.8 Å². The normalized spacial score (nSPS) is 19.3. The summed E-state index contributed by atoms with van der Waals surface area (Å²) in [6.07, 6.45) is 0.713. The van der Waals surface area contributed by atoms with E-state index >= 15 is 0 Å². The average Bonchev–Trinajstić information content (AvgIpc) is 3.62. The van der Waals surface area contributed by atoms with Gasteiger partial charge in [-0.15, -0.1) is 0 Å². The fourth-order valence-corrected chi connectivity index (χ4v) is 6.94. The van der Waals surface area contributed by atoms with Crippen molar-refractivity contribution in [3.63, 3.8) is 0 Å². The monoisotopic (exact) mass is 584 g/mol. The maximum Gasteiger partial charge on any atom is 0.301 e. The van der Waals surface area contributed by atoms with Crippen LogP contribution in [0.4, 0.5) is 5.13 Å². The number of anilines is 1. The minimum Gasteiger partial charge on any atom is -0.507 e. The van der Waals surface area contributed by atoms with Crippen LogP contribution in [0.25, 0.3) is 16.0 Å². The van der Waals surface area contributed by atoms with E-state index in [2.05, 4.69) is 0 Å². The molecule has 0 bridgehead atoms. The Bertz CT molecular complexity index is 1770. The molecule has 216 valence electrons. The number of carbonyl (C=O) groups excluding carboxylic acids is 2. The minimum atomic E-state index is -0.940. The average molecular weight is 585 g/mol. The SMILES string of the molecule is CCOc1ccc([C@H]2C(=C(O)c3ccc4c(c3)C[C@H](C)O4)C(=O)C(=O)N2c2nc3c(C)cc(C)cc3s2)cc1OCC. The molecule has 1 fully saturated rings. The number of amides is 1. The van der Waals surface area contributed by atoms with Crippen molar-refractivity contribution in [3.05, 3.63) is 81.9 Å². The van der Waals surface area contributed by atoms with E-state index in [1.165, 1.54) is 16.2 Å². The van der Waals surface area contributed by atoms with Crippen LogP contribution < -0.4 is 19.1 Å². The summed E-state index contributed by atoms with van der Waals surface area (Å²) < 4.78 is 18.4. The van der Waals surface area contributed by atoms with Gasteiger partial charge in [0, 0.05) is 12.0 Å². The van der Waals surface area contributed by atoms with Gasteiger partial charge in [0.1, 0.15) is 17.6 Å². The number of Topliss-reactive ketones (excluding diaryl/α,β-unsaturated/α-hetero) is 1. The van der Waals surface area contributed by atoms with Gasteiger partial charge in [0.15, 0.2) is 16.6 Å². The molecule has 8 nitrogen and oxygen atoms in total. The lowest BCUT2D eigenvalue weighted by Crippen LogP contribution is -2.29. The van der Waals surface area contributed by atoms with Crippen LogP contribution in [0.2, 0.25) is 0 Å². The van der Waals surface area contributed by atoms with Crippen LogP contribution in [0.1, 0.15) is 54.6 Å². The van der Waals surface area contributed by atoms with Gasteiger partial charge in [-0.2, -0.15) is 0 Å². The number of aliphatic hydroxyl groups is 1. The Balaban J connectivity index is 1.56. The highest BCUT2D eigenvalue weighted by Crippen LogP contribution is 2.46. The number of carbonyl (C=O) groups is 2. The predicted molar refractivity (Wildman–Crippen MR) is 163 cm³/mol. The van der Waals surface area contributed by atoms with E-state index in [0.29, 0.717) is 47.4 Å². The Kier molecular flexibility index (Phi) is 7.14. The van der Waals surface area contributed by atoms with Gasteiger partial charge in [0.25, 0.3) is 5.78 Å². The van der Waals surface area contributed by atoms with Gasteiger partial charge in [-0.25, -0.2) is 4.98 Å². The molecule has 2 aliphatic heterocycles. The third-order valence-electron chi connectivity index (χ3n) is 7.52. The lowest BCUT2D eigenvalue weighted by atomic mass is 9.94. The molecule has 0 radical (unpaired) electrons. The van der Waals surface area contributed by atoms with Crippen LogP contribution in [0.5, 0.6) is 17.2 Å². The zero-order valence-corrected chi connectivity index (χ0v) is 25.0. The maximum atomic E-state index is 13.8. The molecule has 0 saturated carbocycles. The van der Waals surface area contributed by atoms with Crippen LogP contribution in [0.15, 0.2) is 54.1 Å². The zero-order valence-electron chi connectivity index (χ0n) is 24.2. The maximum absolute atomic E-state index is 13.8. The molecule has 1 saturated heterocycles. The number of nitrogens with zero attached hydrogens (tertiary/aromatic N) is 2. The van der Waals surface area contributed by atoms with Gasteiger partial charge in [-0.05, 0) is 93.3 Å². The first-order chi connectivity index (χ1) is 20.2. The summed E-state index contributed by atoms with van der Waals surface area (Å²) in [7, 11) is 0. The first-order valence-corrected chi connectivity index (χ1v) is 14.9. The smallest absolute Gasteiger partial charge is 0.301 e. The van der Waals surface area contributed by atoms with E-state index < -0.39 is 17.7 Å². The quantitative estimate of drug-likeness (QED) is 0.147. The van der Waals surface area contributed by atoms with Gasteiger partial charge in [0.05, 0.1) is 35.0 Å². The van der Waals surface area contributed by atoms with E-state index in [0.717, 1.165) is 32.7 Å². The lowest BCUT2D eigenvalue weighted by molar-refractivity contribution is -0.132. The molecule has 0 unspecified atom stereocenters. The van der Waals surface area contributed by atoms with Gasteiger partial charge < -0.3 is 19.3 Å². The number of hydrogen-bond acceptors (Lipinski definition) is 8. The summed E-state index contributed by atoms with van der Waals surface area (Å²) in [5.41, 5.74) is 4.80. The Morgan fingerprint density at radius 1 is 1.05 bits per heavy atom. The molecule has 42 heavy (non-hydrogen) atoms. The molecule has 1 N–H and O–H groups in total. The first kappa shape index (κ1) is 27.8. The van der Waals surface area contributed by atoms with Crippen molar-refractivity contribution in [3.8, 4) is 17.2 Å². The van der Waals surface area contributed by atoms with Crippen LogP contribution >= 0.6 is 11.3 Å². The molecule has 1 aromatic heterocycles. The second kappa shape index (κ2) is 10.8. The van der Waals surface area contributed by atoms with Crippen LogP contribution in [-0.4, -0.2) is 41.1 Å². The second-order valence-corrected chi connectivity index (χ2v) is 11.6. The van der Waals surface area contributed by atoms with Crippen molar-refractivity contribution in [2.45, 2.75) is 53.2 Å². The molecule has 4 aromatic rings. The van der Waals surface area contributed by atoms with Gasteiger partial charge in [0.2, 0.25) is 0 Å². The number of benzene rings is 3. The Morgan fingerprint density at radius 2 is 1.81 bits per heavy atom. The molecule has 0 aliphatic carbocycles. The second-order valence-electron chi connectivity index (χ2n) is 10.6. The molecule has 1 amide bonds. The Hall–Kier alpha value is -4.37. The van der Waals surface area contributed by atoms with Crippen molar-refractivity contribution in [1.29, 1.82) is 0 Å². The largest absolute Gasteiger partial charge is 0.507 e. The zero-order chi connectivity index (χ0) is 29.7. The summed E-state index contributed by atoms with van der Waals surface area (Å²) >= 11 is 1.34. The van der Waals surface area contributed by atoms with Gasteiger partial charge >= 0.3 is 5.91 Å². The number of fused-ring (bicyclic) bond motifs is 2. The number of hydrogen-bond donors (Lipinski definition) is 1. The van der Waals surface area contributed by atoms with Gasteiger partial charge in [-0.1, -0.05) is 23.5 Å². The summed E-state index contributed by atoms with van der Waals surface area (Å²) in [4.78, 5) is 33.8. The predicted octanol–water partition coefficient (Wildman–Crippen LogP) is 6.66. The van der Waals surface area contributed by atoms with Crippen LogP contribution in [0, 0.1) is 13.8 Å². The number of ketones is 1. The molecule has 3 aromatic carbocycles. The molecule has 9 heteroatoms. The lowest BCUT2D eigenvalue weighted by Gasteiger charge is -2.24. The number of aliphatic hydroxyl groups excluding tert-OH is 1. The standard InChI is InChI=1S/C33H32N2O6S/c1-6-39-24-11-8-20(16-25(24)40-7-2)29-27(30(36)21-9-10-23-22(15-21)14-19(5)41-23)31(37)32(38)35(29)33-34-28-18(4)12-17(3)13-26(28)42-33/h8-13,15-16,19,29,36H,6-7,14H2,1-5H3/t19-,29-/m0/s1. The van der Waals surface area contributed by atoms with E-state index in [4.69, 9.17) is 19.2 Å². The number of aryl methyl sites for hydroxylation is 2. The van der Waals surface area contributed by atoms with Crippen LogP contribution in [-0.2, 0) is 16.0 Å². The summed E-state index contributed by atoms with van der Waals surface area (Å²) in [5.74, 6) is 0.0227. The van der Waals surface area contributed by atoms with Gasteiger partial charge in [-0.3, -0.25) is 14.5 Å². The third kappa shape index (κ3) is 4.67. The topological polar surface area (TPSA) is 98.2 Å². The molecule has 3 heterocycles. The van der Waals surface area contributed by atoms with Crippen molar-refractivity contribution in [2.75, 3.05) is 18.1 Å². The van der Waals surface area contributed by atoms with E-state index in [9.17, 15) is 14.7 Å². The molecule has 0 spiro atoms. The van der Waals surface area contributed by atoms with Crippen molar-refractivity contribution in [1.82, 2.24) is 4.98 Å². The first-order valence-electron chi connectivity index (χ1n) is 14.1. The summed E-state index contributed by atoms with van der Waals surface area (Å²) in [6, 6.07) is 13.8. The highest BCUT2D eigenvalue weighted by atomic mass is 32.1. The van der Waals surface area contributed by atoms with Crippen molar-refractivity contribution in [2.24, 2.45) is 0 Å². The third-order valence-corrected chi connectivity index (χ3v) is 8.52. The minimum absolute atomic E-state index is 0.00863. The van der Waals surface area contributed by atoms with Crippen LogP contribution in [0.3, 0.4) is 0 Å². The van der Waals surface area contributed by atoms with E-state index in [-0.39, 0.29) is 17.4 Å². The molecule has 2 atom stereocenters. The number of thiazole rings is 1. The molecular weight excluding hydrogens is 552 g/mol. The Labute approximate surface area is 248 Å². The number of aromatic nitrogens is 1. The fraction of sp³-hybridized carbons (Fsp3) is 0.303. The molecule has 6 rings (SSSR count). The fourth-order valence-electron chi connectivity index (χ4n) is 5.77. The number of ether oxygens (including phenoxy) is 3.